The molecule has 0 atom stereocenters. The van der Waals surface area contributed by atoms with Gasteiger partial charge in [0.1, 0.15) is 12.1 Å². The third kappa shape index (κ3) is 4.75. The van der Waals surface area contributed by atoms with Gasteiger partial charge in [-0.05, 0) is 37.0 Å². The van der Waals surface area contributed by atoms with Crippen molar-refractivity contribution in [1.82, 2.24) is 15.5 Å². The molecule has 1 fully saturated rings. The number of nitrogens with zero attached hydrogens (tertiary/aromatic N) is 1. The topological polar surface area (TPSA) is 78.5 Å². The summed E-state index contributed by atoms with van der Waals surface area (Å²) in [6.45, 7) is 4.13. The number of halogens is 1. The van der Waals surface area contributed by atoms with E-state index in [4.69, 9.17) is 11.6 Å². The predicted octanol–water partition coefficient (Wildman–Crippen LogP) is 2.89. The third-order valence-electron chi connectivity index (χ3n) is 4.55. The van der Waals surface area contributed by atoms with E-state index in [1.54, 1.807) is 12.1 Å². The first-order chi connectivity index (χ1) is 12.4. The lowest BCUT2D eigenvalue weighted by molar-refractivity contribution is -0.135. The Morgan fingerprint density at radius 1 is 1.15 bits per heavy atom. The second-order valence-corrected chi connectivity index (χ2v) is 7.07. The summed E-state index contributed by atoms with van der Waals surface area (Å²) >= 11 is 5.84. The smallest absolute Gasteiger partial charge is 0.325 e. The van der Waals surface area contributed by atoms with Crippen molar-refractivity contribution in [3.8, 4) is 0 Å². The molecule has 1 aliphatic rings. The number of hydrogen-bond acceptors (Lipinski definition) is 3. The number of imide groups is 1. The van der Waals surface area contributed by atoms with E-state index >= 15 is 0 Å². The summed E-state index contributed by atoms with van der Waals surface area (Å²) in [4.78, 5) is 38.1. The number of amides is 4. The molecule has 2 rings (SSSR count). The number of carbonyl (C=O) groups excluding carboxylic acids is 3. The molecule has 7 heteroatoms. The van der Waals surface area contributed by atoms with Gasteiger partial charge in [0, 0.05) is 11.6 Å². The van der Waals surface area contributed by atoms with Crippen molar-refractivity contribution in [1.29, 1.82) is 0 Å². The largest absolute Gasteiger partial charge is 0.354 e. The van der Waals surface area contributed by atoms with Crippen molar-refractivity contribution in [2.24, 2.45) is 0 Å². The summed E-state index contributed by atoms with van der Waals surface area (Å²) in [6, 6.07) is 6.91. The second kappa shape index (κ2) is 9.03. The van der Waals surface area contributed by atoms with Gasteiger partial charge >= 0.3 is 6.03 Å². The summed E-state index contributed by atoms with van der Waals surface area (Å²) in [5, 5.41) is 6.23. The highest BCUT2D eigenvalue weighted by atomic mass is 35.5. The van der Waals surface area contributed by atoms with Gasteiger partial charge in [0.2, 0.25) is 5.91 Å². The lowest BCUT2D eigenvalue weighted by Gasteiger charge is -2.25. The summed E-state index contributed by atoms with van der Waals surface area (Å²) < 4.78 is 0. The minimum atomic E-state index is -0.857. The Labute approximate surface area is 159 Å². The van der Waals surface area contributed by atoms with Crippen molar-refractivity contribution in [2.75, 3.05) is 13.1 Å². The summed E-state index contributed by atoms with van der Waals surface area (Å²) in [6.07, 6.45) is 3.39. The number of nitrogens with one attached hydrogen (secondary N) is 2. The first kappa shape index (κ1) is 20.2. The van der Waals surface area contributed by atoms with Gasteiger partial charge in [-0.25, -0.2) is 4.79 Å². The van der Waals surface area contributed by atoms with Crippen LogP contribution in [0.2, 0.25) is 5.02 Å². The molecule has 0 aliphatic carbocycles. The quantitative estimate of drug-likeness (QED) is 0.647. The molecule has 1 aromatic carbocycles. The monoisotopic (exact) mass is 379 g/mol. The van der Waals surface area contributed by atoms with E-state index in [0.717, 1.165) is 23.3 Å². The molecular formula is C19H26ClN3O3. The maximum atomic E-state index is 12.7. The number of hydrogen-bond donors (Lipinski definition) is 2. The Morgan fingerprint density at radius 3 is 2.35 bits per heavy atom. The van der Waals surface area contributed by atoms with E-state index in [1.807, 2.05) is 26.0 Å². The molecule has 0 saturated carbocycles. The fourth-order valence-electron chi connectivity index (χ4n) is 3.33. The number of carbonyl (C=O) groups is 3. The van der Waals surface area contributed by atoms with Crippen LogP contribution in [0.4, 0.5) is 4.79 Å². The van der Waals surface area contributed by atoms with Crippen LogP contribution in [-0.4, -0.2) is 41.4 Å². The average Bonchev–Trinajstić information content (AvgIpc) is 2.82. The molecule has 1 heterocycles. The van der Waals surface area contributed by atoms with Crippen LogP contribution in [0.5, 0.6) is 0 Å². The first-order valence-corrected chi connectivity index (χ1v) is 9.45. The molecule has 26 heavy (non-hydrogen) atoms. The highest BCUT2D eigenvalue weighted by molar-refractivity contribution is 6.30. The van der Waals surface area contributed by atoms with Crippen LogP contribution in [0.15, 0.2) is 24.3 Å². The van der Waals surface area contributed by atoms with E-state index in [2.05, 4.69) is 10.6 Å². The van der Waals surface area contributed by atoms with E-state index < -0.39 is 11.6 Å². The Hall–Kier alpha value is -2.08. The number of urea groups is 1. The molecule has 1 saturated heterocycles. The van der Waals surface area contributed by atoms with Crippen LogP contribution in [0.25, 0.3) is 0 Å². The van der Waals surface area contributed by atoms with Gasteiger partial charge in [0.25, 0.3) is 5.91 Å². The van der Waals surface area contributed by atoms with Crippen LogP contribution in [0, 0.1) is 0 Å². The van der Waals surface area contributed by atoms with Gasteiger partial charge in [0.15, 0.2) is 0 Å². The van der Waals surface area contributed by atoms with E-state index in [1.165, 1.54) is 0 Å². The molecule has 0 bridgehead atoms. The van der Waals surface area contributed by atoms with Crippen molar-refractivity contribution in [2.45, 2.75) is 51.5 Å². The molecule has 142 valence electrons. The van der Waals surface area contributed by atoms with Crippen LogP contribution in [0.1, 0.15) is 45.1 Å². The van der Waals surface area contributed by atoms with Gasteiger partial charge in [0.05, 0.1) is 0 Å². The molecule has 0 spiro atoms. The lowest BCUT2D eigenvalue weighted by Crippen LogP contribution is -2.47. The Morgan fingerprint density at radius 2 is 1.77 bits per heavy atom. The third-order valence-corrected chi connectivity index (χ3v) is 4.80. The molecule has 1 aliphatic heterocycles. The fraction of sp³-hybridized carbons (Fsp3) is 0.526. The number of benzene rings is 1. The molecular weight excluding hydrogens is 354 g/mol. The standard InChI is InChI=1S/C19H26ClN3O3/c1-3-10-19(11-4-2)17(25)23(18(26)22-19)13-16(24)21-12-9-14-5-7-15(20)8-6-14/h5-8H,3-4,9-13H2,1-2H3,(H,21,24)(H,22,26). The van der Waals surface area contributed by atoms with Gasteiger partial charge < -0.3 is 10.6 Å². The van der Waals surface area contributed by atoms with Crippen molar-refractivity contribution in [3.05, 3.63) is 34.9 Å². The highest BCUT2D eigenvalue weighted by Crippen LogP contribution is 2.27. The van der Waals surface area contributed by atoms with Crippen molar-refractivity contribution >= 4 is 29.4 Å². The van der Waals surface area contributed by atoms with Crippen molar-refractivity contribution in [3.63, 3.8) is 0 Å². The van der Waals surface area contributed by atoms with Gasteiger partial charge in [-0.1, -0.05) is 50.4 Å². The summed E-state index contributed by atoms with van der Waals surface area (Å²) in [5.74, 6) is -0.634. The molecule has 0 aromatic heterocycles. The van der Waals surface area contributed by atoms with Crippen molar-refractivity contribution < 1.29 is 14.4 Å². The normalized spacial score (nSPS) is 15.9. The Kier molecular flexibility index (Phi) is 7.03. The fourth-order valence-corrected chi connectivity index (χ4v) is 3.46. The van der Waals surface area contributed by atoms with Gasteiger partial charge in [-0.2, -0.15) is 0 Å². The SMILES string of the molecule is CCCC1(CCC)NC(=O)N(CC(=O)NCCc2ccc(Cl)cc2)C1=O. The minimum Gasteiger partial charge on any atom is -0.354 e. The lowest BCUT2D eigenvalue weighted by atomic mass is 9.88. The average molecular weight is 380 g/mol. The van der Waals surface area contributed by atoms with Crippen LogP contribution < -0.4 is 10.6 Å². The Balaban J connectivity index is 1.88. The molecule has 0 radical (unpaired) electrons. The highest BCUT2D eigenvalue weighted by Gasteiger charge is 2.50. The Bertz CT molecular complexity index is 654. The minimum absolute atomic E-state index is 0.250. The van der Waals surface area contributed by atoms with E-state index in [0.29, 0.717) is 30.8 Å². The maximum Gasteiger partial charge on any atom is 0.325 e. The van der Waals surface area contributed by atoms with Gasteiger partial charge in [-0.3, -0.25) is 14.5 Å². The van der Waals surface area contributed by atoms with E-state index in [9.17, 15) is 14.4 Å². The molecule has 6 nitrogen and oxygen atoms in total. The molecule has 1 aromatic rings. The number of rotatable bonds is 9. The van der Waals surface area contributed by atoms with E-state index in [-0.39, 0.29) is 18.4 Å². The predicted molar refractivity (Wildman–Crippen MR) is 101 cm³/mol. The summed E-state index contributed by atoms with van der Waals surface area (Å²) in [7, 11) is 0. The van der Waals surface area contributed by atoms with Crippen LogP contribution in [0.3, 0.4) is 0 Å². The molecule has 0 unspecified atom stereocenters. The molecule has 2 N–H and O–H groups in total. The zero-order valence-corrected chi connectivity index (χ0v) is 16.1. The van der Waals surface area contributed by atoms with Gasteiger partial charge in [-0.15, -0.1) is 0 Å². The second-order valence-electron chi connectivity index (χ2n) is 6.63. The first-order valence-electron chi connectivity index (χ1n) is 9.07. The zero-order chi connectivity index (χ0) is 19.2. The summed E-state index contributed by atoms with van der Waals surface area (Å²) in [5.41, 5.74) is 0.194. The van der Waals surface area contributed by atoms with Crippen LogP contribution in [-0.2, 0) is 16.0 Å². The molecule has 4 amide bonds. The van der Waals surface area contributed by atoms with Crippen LogP contribution >= 0.6 is 11.6 Å². The zero-order valence-electron chi connectivity index (χ0n) is 15.3. The maximum absolute atomic E-state index is 12.7.